The first-order valence-corrected chi connectivity index (χ1v) is 25.6. The minimum atomic E-state index is -0.278. The van der Waals surface area contributed by atoms with Crippen molar-refractivity contribution in [3.8, 4) is 0 Å². The Labute approximate surface area is 380 Å². The van der Waals surface area contributed by atoms with Crippen molar-refractivity contribution in [2.24, 2.45) is 50.7 Å². The average molecular weight is 851 g/mol. The number of fused-ring (bicyclic) bond motifs is 7. The molecule has 0 aliphatic heterocycles. The van der Waals surface area contributed by atoms with E-state index in [0.717, 1.165) is 129 Å². The number of allylic oxidation sites excluding steroid dienone is 14. The van der Waals surface area contributed by atoms with Gasteiger partial charge in [-0.25, -0.2) is 0 Å². The van der Waals surface area contributed by atoms with E-state index in [1.165, 1.54) is 19.3 Å². The van der Waals surface area contributed by atoms with Crippen LogP contribution < -0.4 is 10.6 Å². The molecule has 5 rings (SSSR count). The van der Waals surface area contributed by atoms with Crippen LogP contribution in [0.15, 0.2) is 84.6 Å². The van der Waals surface area contributed by atoms with Gasteiger partial charge in [0.1, 0.15) is 0 Å². The lowest BCUT2D eigenvalue weighted by molar-refractivity contribution is -0.203. The number of aliphatic hydroxyl groups excluding tert-OH is 1. The summed E-state index contributed by atoms with van der Waals surface area (Å²) in [6.07, 6.45) is 51.4. The van der Waals surface area contributed by atoms with Crippen molar-refractivity contribution in [2.75, 3.05) is 13.1 Å². The highest BCUT2D eigenvalue weighted by Crippen LogP contribution is 2.75. The first-order valence-electron chi connectivity index (χ1n) is 25.6. The van der Waals surface area contributed by atoms with E-state index >= 15 is 0 Å². The van der Waals surface area contributed by atoms with Gasteiger partial charge in [-0.2, -0.15) is 0 Å². The summed E-state index contributed by atoms with van der Waals surface area (Å²) in [6.45, 7) is 18.6. The maximum atomic E-state index is 14.4. The second kappa shape index (κ2) is 23.3. The fourth-order valence-corrected chi connectivity index (χ4v) is 13.9. The Morgan fingerprint density at radius 3 is 1.87 bits per heavy atom. The third-order valence-corrected chi connectivity index (χ3v) is 17.6. The van der Waals surface area contributed by atoms with Crippen molar-refractivity contribution in [2.45, 2.75) is 196 Å². The quantitative estimate of drug-likeness (QED) is 0.0750. The Morgan fingerprint density at radius 2 is 1.26 bits per heavy atom. The minimum absolute atomic E-state index is 0.0378. The highest BCUT2D eigenvalue weighted by atomic mass is 16.3. The lowest BCUT2D eigenvalue weighted by Crippen LogP contribution is -2.65. The molecular formula is C57H90N2O3. The predicted octanol–water partition coefficient (Wildman–Crippen LogP) is 14.0. The van der Waals surface area contributed by atoms with Crippen molar-refractivity contribution in [1.82, 2.24) is 10.6 Å². The number of carbonyl (C=O) groups excluding carboxylic acids is 2. The van der Waals surface area contributed by atoms with Gasteiger partial charge >= 0.3 is 0 Å². The summed E-state index contributed by atoms with van der Waals surface area (Å²) in [5, 5.41) is 17.7. The van der Waals surface area contributed by atoms with Crippen LogP contribution in [-0.2, 0) is 9.59 Å². The van der Waals surface area contributed by atoms with E-state index in [0.29, 0.717) is 36.0 Å². The molecule has 3 unspecified atom stereocenters. The first kappa shape index (κ1) is 50.1. The van der Waals surface area contributed by atoms with E-state index < -0.39 is 0 Å². The van der Waals surface area contributed by atoms with Crippen LogP contribution in [0.5, 0.6) is 0 Å². The lowest BCUT2D eigenvalue weighted by Gasteiger charge is -2.71. The highest BCUT2D eigenvalue weighted by Gasteiger charge is 2.69. The van der Waals surface area contributed by atoms with E-state index in [9.17, 15) is 14.7 Å². The van der Waals surface area contributed by atoms with E-state index in [4.69, 9.17) is 0 Å². The standard InChI is InChI=1S/C57H90N2O3/c1-8-9-10-11-12-13-14-15-16-17-18-19-20-21-22-23-24-25-28-33-50(61)58-43-29-26-27-30-44-59-52(62)57-38-31-32-45(2)51(57)46-34-35-48-54(5)39-37-49(60)53(3,4)47(54)36-40-56(48,7)55(46,6)41-42-57/h9-10,12-13,15-16,18-19,21-22,24-25,34,45,47-49,51,60H,8,11,14,17,20,23,26-33,35-44H2,1-7H3,(H,58,61)(H,59,62)/b10-9-,13-12-,16-15-,19-18-,22-21-,25-24-/t45-,47?,48?,49-,51?,54-,55+,56+,57-/m0/s1. The van der Waals surface area contributed by atoms with Crippen LogP contribution in [0.1, 0.15) is 190 Å². The van der Waals surface area contributed by atoms with Gasteiger partial charge in [-0.3, -0.25) is 9.59 Å². The van der Waals surface area contributed by atoms with Gasteiger partial charge in [-0.15, -0.1) is 0 Å². The maximum Gasteiger partial charge on any atom is 0.226 e. The summed E-state index contributed by atoms with van der Waals surface area (Å²) in [5.41, 5.74) is 1.90. The molecule has 0 heterocycles. The van der Waals surface area contributed by atoms with Gasteiger partial charge in [0, 0.05) is 19.5 Å². The Hall–Kier alpha value is -2.92. The van der Waals surface area contributed by atoms with Gasteiger partial charge in [0.25, 0.3) is 0 Å². The third-order valence-electron chi connectivity index (χ3n) is 17.6. The number of amides is 2. The van der Waals surface area contributed by atoms with Gasteiger partial charge in [-0.1, -0.05) is 159 Å². The number of hydrogen-bond donors (Lipinski definition) is 3. The summed E-state index contributed by atoms with van der Waals surface area (Å²) >= 11 is 0. The summed E-state index contributed by atoms with van der Waals surface area (Å²) < 4.78 is 0. The number of carbonyl (C=O) groups is 2. The molecule has 5 aliphatic carbocycles. The zero-order valence-electron chi connectivity index (χ0n) is 40.6. The Morgan fingerprint density at radius 1 is 0.677 bits per heavy atom. The molecule has 3 N–H and O–H groups in total. The minimum Gasteiger partial charge on any atom is -0.393 e. The number of hydrogen-bond acceptors (Lipinski definition) is 3. The molecule has 346 valence electrons. The van der Waals surface area contributed by atoms with Gasteiger partial charge < -0.3 is 15.7 Å². The molecule has 5 aliphatic rings. The second-order valence-electron chi connectivity index (χ2n) is 21.6. The van der Waals surface area contributed by atoms with E-state index in [2.05, 4.69) is 138 Å². The summed E-state index contributed by atoms with van der Waals surface area (Å²) in [6, 6.07) is 0. The van der Waals surface area contributed by atoms with Crippen LogP contribution in [0.3, 0.4) is 0 Å². The van der Waals surface area contributed by atoms with Crippen LogP contribution >= 0.6 is 0 Å². The van der Waals surface area contributed by atoms with E-state index in [1.807, 2.05) is 0 Å². The fourth-order valence-electron chi connectivity index (χ4n) is 13.9. The highest BCUT2D eigenvalue weighted by molar-refractivity contribution is 5.84. The van der Waals surface area contributed by atoms with Crippen LogP contribution in [0.25, 0.3) is 0 Å². The molecule has 0 spiro atoms. The van der Waals surface area contributed by atoms with Crippen LogP contribution in [0.2, 0.25) is 0 Å². The molecule has 0 radical (unpaired) electrons. The Kier molecular flexibility index (Phi) is 18.8. The third kappa shape index (κ3) is 11.5. The SMILES string of the molecule is CC/C=C\C/C=C\C/C=C\C/C=C\C/C=C\C/C=C\CCC(=O)NCCCCCCNC(=O)[C@]12CCC[C@H](C)C1C1=CCC3[C@@]4(C)CC[C@H](O)C(C)(C)C4CC[C@@]3(C)[C@]1(C)CC2. The Bertz CT molecular complexity index is 1660. The van der Waals surface area contributed by atoms with Gasteiger partial charge in [-0.05, 0) is 154 Å². The molecular weight excluding hydrogens is 761 g/mol. The molecule has 5 nitrogen and oxygen atoms in total. The number of aliphatic hydroxyl groups is 1. The van der Waals surface area contributed by atoms with Crippen molar-refractivity contribution >= 4 is 11.8 Å². The van der Waals surface area contributed by atoms with Crippen molar-refractivity contribution in [3.05, 3.63) is 84.6 Å². The van der Waals surface area contributed by atoms with Gasteiger partial charge in [0.05, 0.1) is 11.5 Å². The van der Waals surface area contributed by atoms with Crippen molar-refractivity contribution < 1.29 is 14.7 Å². The fraction of sp³-hybridized carbons (Fsp3) is 0.719. The van der Waals surface area contributed by atoms with Gasteiger partial charge in [0.2, 0.25) is 11.8 Å². The first-order chi connectivity index (χ1) is 29.8. The zero-order valence-corrected chi connectivity index (χ0v) is 40.6. The number of unbranched alkanes of at least 4 members (excludes halogenated alkanes) is 3. The van der Waals surface area contributed by atoms with Crippen LogP contribution in [0.4, 0.5) is 0 Å². The molecule has 0 saturated heterocycles. The molecule has 9 atom stereocenters. The monoisotopic (exact) mass is 851 g/mol. The maximum absolute atomic E-state index is 14.4. The lowest BCUT2D eigenvalue weighted by atomic mass is 9.33. The molecule has 0 aromatic heterocycles. The van der Waals surface area contributed by atoms with Gasteiger partial charge in [0.15, 0.2) is 0 Å². The normalized spacial score (nSPS) is 34.5. The second-order valence-corrected chi connectivity index (χ2v) is 21.6. The summed E-state index contributed by atoms with van der Waals surface area (Å²) in [5.74, 6) is 2.50. The topological polar surface area (TPSA) is 78.4 Å². The molecule has 0 bridgehead atoms. The Balaban J connectivity index is 0.960. The average Bonchev–Trinajstić information content (AvgIpc) is 3.24. The summed E-state index contributed by atoms with van der Waals surface area (Å²) in [7, 11) is 0. The number of rotatable bonds is 22. The zero-order chi connectivity index (χ0) is 44.7. The molecule has 0 aromatic carbocycles. The van der Waals surface area contributed by atoms with Crippen LogP contribution in [0, 0.1) is 50.7 Å². The van der Waals surface area contributed by atoms with E-state index in [-0.39, 0.29) is 39.1 Å². The van der Waals surface area contributed by atoms with Crippen LogP contribution in [-0.4, -0.2) is 36.1 Å². The summed E-state index contributed by atoms with van der Waals surface area (Å²) in [4.78, 5) is 26.8. The molecule has 62 heavy (non-hydrogen) atoms. The molecule has 4 saturated carbocycles. The largest absolute Gasteiger partial charge is 0.393 e. The molecule has 2 amide bonds. The van der Waals surface area contributed by atoms with Crippen molar-refractivity contribution in [1.29, 1.82) is 0 Å². The molecule has 5 heteroatoms. The van der Waals surface area contributed by atoms with Crippen molar-refractivity contribution in [3.63, 3.8) is 0 Å². The number of nitrogens with one attached hydrogen (secondary N) is 2. The smallest absolute Gasteiger partial charge is 0.226 e. The molecule has 4 fully saturated rings. The van der Waals surface area contributed by atoms with E-state index in [1.54, 1.807) is 5.57 Å². The predicted molar refractivity (Wildman–Crippen MR) is 262 cm³/mol. The molecule has 0 aromatic rings.